The van der Waals surface area contributed by atoms with Gasteiger partial charge in [0.1, 0.15) is 35.4 Å². The minimum Gasteiger partial charge on any atom is -0.467 e. The van der Waals surface area contributed by atoms with Gasteiger partial charge in [-0.05, 0) is 179 Å². The maximum atomic E-state index is 13.8. The zero-order valence-electron chi connectivity index (χ0n) is 49.0. The van der Waals surface area contributed by atoms with Gasteiger partial charge in [-0.3, -0.25) is 9.59 Å². The first kappa shape index (κ1) is 65.1. The lowest BCUT2D eigenvalue weighted by molar-refractivity contribution is -0.143. The molecule has 2 heterocycles. The number of methoxy groups -OCH3 is 2. The van der Waals surface area contributed by atoms with E-state index in [4.69, 9.17) is 9.47 Å². The lowest BCUT2D eigenvalue weighted by atomic mass is 9.94. The van der Waals surface area contributed by atoms with E-state index in [1.807, 2.05) is 84.3 Å². The molecule has 2 aromatic heterocycles. The number of nitrogens with zero attached hydrogens (tertiary/aromatic N) is 4. The SMILES string of the molecule is COC(=O)[C@H](CCSC)NC(=O)c1cc(/C=C(/Cc2cncn2C)c2ccc(F)cc2)ccc1CCc1ccc(F)cc1.COC(=O)[C@H](CCSC)NC(=O)c1cc(/C=C(\Cc2cncn2C)c2ccc(F)cc2)ccc1CCc1ccc(F)cc1. The first-order valence-corrected chi connectivity index (χ1v) is 30.7. The number of hydrogen-bond donors (Lipinski definition) is 2. The molecule has 0 unspecified atom stereocenters. The second-order valence-electron chi connectivity index (χ2n) is 20.4. The standard InChI is InChI=1S/2C34H35F2N3O3S/c2*1-39-22-37-21-30(39)20-27(25-10-14-29(36)15-11-25)18-24-5-9-26(8-4-23-6-12-28(35)13-7-23)31(19-24)33(40)38-32(16-17-43-3)34(41)42-2/h2*5-7,9-15,18-19,21-22,32H,4,8,16-17,20H2,1-3H3,(H,38,40)/b27-18+;27-18-/t2*32-/m00/s1. The van der Waals surface area contributed by atoms with Crippen molar-refractivity contribution in [2.45, 2.75) is 63.5 Å². The summed E-state index contributed by atoms with van der Waals surface area (Å²) in [7, 11) is 6.44. The fourth-order valence-electron chi connectivity index (χ4n) is 9.52. The summed E-state index contributed by atoms with van der Waals surface area (Å²) in [5, 5.41) is 5.75. The third-order valence-electron chi connectivity index (χ3n) is 14.4. The Morgan fingerprint density at radius 2 is 0.860 bits per heavy atom. The number of ether oxygens (including phenoxy) is 2. The zero-order valence-corrected chi connectivity index (χ0v) is 50.6. The summed E-state index contributed by atoms with van der Waals surface area (Å²) in [6, 6.07) is 35.0. The number of aromatic nitrogens is 4. The Morgan fingerprint density at radius 3 is 1.17 bits per heavy atom. The number of allylic oxidation sites excluding steroid dienone is 2. The van der Waals surface area contributed by atoms with E-state index in [0.29, 0.717) is 74.0 Å². The summed E-state index contributed by atoms with van der Waals surface area (Å²) in [4.78, 5) is 60.8. The Hall–Kier alpha value is -8.48. The lowest BCUT2D eigenvalue weighted by Gasteiger charge is -2.18. The van der Waals surface area contributed by atoms with Crippen LogP contribution in [0.2, 0.25) is 0 Å². The largest absolute Gasteiger partial charge is 0.467 e. The minimum absolute atomic E-state index is 0.304. The highest BCUT2D eigenvalue weighted by Crippen LogP contribution is 2.28. The van der Waals surface area contributed by atoms with Crippen LogP contribution in [-0.2, 0) is 71.7 Å². The molecule has 6 aromatic carbocycles. The van der Waals surface area contributed by atoms with Gasteiger partial charge in [0.2, 0.25) is 0 Å². The Kier molecular flexibility index (Phi) is 24.7. The summed E-state index contributed by atoms with van der Waals surface area (Å²) < 4.78 is 68.1. The van der Waals surface area contributed by atoms with Crippen LogP contribution in [0.15, 0.2) is 159 Å². The second kappa shape index (κ2) is 32.7. The highest BCUT2D eigenvalue weighted by Gasteiger charge is 2.25. The van der Waals surface area contributed by atoms with E-state index in [2.05, 4.69) is 20.6 Å². The van der Waals surface area contributed by atoms with Crippen molar-refractivity contribution in [3.05, 3.63) is 249 Å². The van der Waals surface area contributed by atoms with Crippen molar-refractivity contribution in [3.63, 3.8) is 0 Å². The van der Waals surface area contributed by atoms with Crippen molar-refractivity contribution in [1.82, 2.24) is 29.7 Å². The van der Waals surface area contributed by atoms with Gasteiger partial charge in [-0.15, -0.1) is 0 Å². The molecule has 0 fully saturated rings. The predicted octanol–water partition coefficient (Wildman–Crippen LogP) is 12.6. The van der Waals surface area contributed by atoms with E-state index in [1.54, 1.807) is 97.1 Å². The van der Waals surface area contributed by atoms with Crippen LogP contribution in [0.4, 0.5) is 17.6 Å². The molecular weight excluding hydrogens is 1140 g/mol. The summed E-state index contributed by atoms with van der Waals surface area (Å²) in [5.41, 5.74) is 11.4. The van der Waals surface area contributed by atoms with Gasteiger partial charge < -0.3 is 29.2 Å². The van der Waals surface area contributed by atoms with Crippen LogP contribution in [0, 0.1) is 23.3 Å². The Bertz CT molecular complexity index is 3370. The van der Waals surface area contributed by atoms with Crippen LogP contribution in [0.1, 0.15) is 89.5 Å². The predicted molar refractivity (Wildman–Crippen MR) is 335 cm³/mol. The molecule has 12 nitrogen and oxygen atoms in total. The molecule has 0 radical (unpaired) electrons. The molecule has 18 heteroatoms. The molecule has 8 rings (SSSR count). The molecule has 0 aliphatic heterocycles. The van der Waals surface area contributed by atoms with E-state index in [0.717, 1.165) is 67.0 Å². The third kappa shape index (κ3) is 19.3. The van der Waals surface area contributed by atoms with Crippen molar-refractivity contribution in [3.8, 4) is 0 Å². The van der Waals surface area contributed by atoms with Gasteiger partial charge in [-0.25, -0.2) is 37.1 Å². The number of amides is 2. The van der Waals surface area contributed by atoms with Gasteiger partial charge in [0, 0.05) is 61.8 Å². The van der Waals surface area contributed by atoms with Crippen molar-refractivity contribution in [2.75, 3.05) is 38.2 Å². The molecule has 86 heavy (non-hydrogen) atoms. The van der Waals surface area contributed by atoms with E-state index in [1.165, 1.54) is 62.8 Å². The number of carbonyl (C=O) groups excluding carboxylic acids is 4. The number of carbonyl (C=O) groups is 4. The molecule has 0 saturated heterocycles. The molecular formula is C68H70F4N6O6S2. The van der Waals surface area contributed by atoms with Gasteiger partial charge in [0.05, 0.1) is 26.9 Å². The molecule has 0 saturated carbocycles. The Morgan fingerprint density at radius 1 is 0.512 bits per heavy atom. The topological polar surface area (TPSA) is 146 Å². The monoisotopic (exact) mass is 1210 g/mol. The first-order chi connectivity index (χ1) is 41.5. The van der Waals surface area contributed by atoms with Crippen LogP contribution < -0.4 is 10.6 Å². The number of halogens is 4. The van der Waals surface area contributed by atoms with Gasteiger partial charge >= 0.3 is 11.9 Å². The van der Waals surface area contributed by atoms with Crippen molar-refractivity contribution in [2.24, 2.45) is 14.1 Å². The number of nitrogens with one attached hydrogen (secondary N) is 2. The maximum absolute atomic E-state index is 13.8. The zero-order chi connectivity index (χ0) is 61.5. The summed E-state index contributed by atoms with van der Waals surface area (Å²) >= 11 is 3.16. The van der Waals surface area contributed by atoms with Crippen LogP contribution in [0.5, 0.6) is 0 Å². The quantitative estimate of drug-likeness (QED) is 0.0305. The minimum atomic E-state index is -0.784. The van der Waals surface area contributed by atoms with Gasteiger partial charge in [0.25, 0.3) is 11.8 Å². The van der Waals surface area contributed by atoms with Crippen molar-refractivity contribution in [1.29, 1.82) is 0 Å². The number of aryl methyl sites for hydroxylation is 6. The number of hydrogen-bond acceptors (Lipinski definition) is 10. The summed E-state index contributed by atoms with van der Waals surface area (Å²) in [5.74, 6) is -1.66. The fraction of sp³-hybridized carbons (Fsp3) is 0.265. The van der Waals surface area contributed by atoms with Crippen LogP contribution in [-0.4, -0.2) is 93.2 Å². The molecule has 0 spiro atoms. The van der Waals surface area contributed by atoms with Crippen LogP contribution in [0.25, 0.3) is 23.3 Å². The average molecular weight is 1210 g/mol. The van der Waals surface area contributed by atoms with E-state index in [9.17, 15) is 36.7 Å². The highest BCUT2D eigenvalue weighted by atomic mass is 32.2. The number of imidazole rings is 2. The second-order valence-corrected chi connectivity index (χ2v) is 22.4. The third-order valence-corrected chi connectivity index (χ3v) is 15.7. The number of thioether (sulfide) groups is 2. The molecule has 2 atom stereocenters. The lowest BCUT2D eigenvalue weighted by Crippen LogP contribution is -2.42. The fourth-order valence-corrected chi connectivity index (χ4v) is 10.5. The van der Waals surface area contributed by atoms with E-state index in [-0.39, 0.29) is 35.1 Å². The summed E-state index contributed by atoms with van der Waals surface area (Å²) in [6.45, 7) is 0. The van der Waals surface area contributed by atoms with E-state index < -0.39 is 24.0 Å². The Labute approximate surface area is 508 Å². The molecule has 0 bridgehead atoms. The summed E-state index contributed by atoms with van der Waals surface area (Å²) in [6.07, 6.45) is 19.1. The van der Waals surface area contributed by atoms with Crippen molar-refractivity contribution < 1.29 is 46.2 Å². The van der Waals surface area contributed by atoms with Crippen LogP contribution in [0.3, 0.4) is 0 Å². The maximum Gasteiger partial charge on any atom is 0.328 e. The van der Waals surface area contributed by atoms with Gasteiger partial charge in [-0.1, -0.05) is 84.9 Å². The Balaban J connectivity index is 0.000000246. The number of esters is 2. The van der Waals surface area contributed by atoms with Crippen LogP contribution >= 0.6 is 23.5 Å². The van der Waals surface area contributed by atoms with E-state index >= 15 is 0 Å². The highest BCUT2D eigenvalue weighted by molar-refractivity contribution is 7.98. The molecule has 0 aliphatic rings. The van der Waals surface area contributed by atoms with Gasteiger partial charge in [0.15, 0.2) is 0 Å². The molecule has 2 amide bonds. The normalized spacial score (nSPS) is 12.2. The first-order valence-electron chi connectivity index (χ1n) is 27.9. The molecule has 2 N–H and O–H groups in total. The number of benzene rings is 6. The average Bonchev–Trinajstić information content (AvgIpc) is 3.42. The smallest absolute Gasteiger partial charge is 0.328 e. The molecule has 448 valence electrons. The molecule has 0 aliphatic carbocycles. The van der Waals surface area contributed by atoms with Gasteiger partial charge in [-0.2, -0.15) is 23.5 Å². The van der Waals surface area contributed by atoms with Crippen molar-refractivity contribution >= 4 is 70.6 Å². The molecule has 8 aromatic rings. The number of rotatable bonds is 26.